The second kappa shape index (κ2) is 9.83. The first-order valence-corrected chi connectivity index (χ1v) is 10.9. The Balaban J connectivity index is 1.24. The summed E-state index contributed by atoms with van der Waals surface area (Å²) < 4.78 is 11.3. The van der Waals surface area contributed by atoms with E-state index in [2.05, 4.69) is 16.0 Å². The van der Waals surface area contributed by atoms with Crippen LogP contribution in [0, 0.1) is 12.8 Å². The maximum atomic E-state index is 12.4. The van der Waals surface area contributed by atoms with E-state index in [1.165, 1.54) is 0 Å². The summed E-state index contributed by atoms with van der Waals surface area (Å²) >= 11 is 0. The molecule has 0 aromatic heterocycles. The van der Waals surface area contributed by atoms with Crippen molar-refractivity contribution in [3.05, 3.63) is 48.0 Å². The number of hydrogen-bond donors (Lipinski definition) is 3. The monoisotopic (exact) mass is 423 g/mol. The number of ether oxygens (including phenoxy) is 2. The Morgan fingerprint density at radius 2 is 1.81 bits per heavy atom. The smallest absolute Gasteiger partial charge is 0.243 e. The molecule has 2 amide bonds. The zero-order chi connectivity index (χ0) is 21.6. The van der Waals surface area contributed by atoms with Gasteiger partial charge < -0.3 is 25.4 Å². The van der Waals surface area contributed by atoms with Crippen LogP contribution in [0.4, 0.5) is 17.1 Å². The zero-order valence-electron chi connectivity index (χ0n) is 17.8. The third kappa shape index (κ3) is 5.98. The summed E-state index contributed by atoms with van der Waals surface area (Å²) in [6.45, 7) is 3.41. The van der Waals surface area contributed by atoms with E-state index in [-0.39, 0.29) is 30.4 Å². The second-order valence-electron chi connectivity index (χ2n) is 8.11. The van der Waals surface area contributed by atoms with Gasteiger partial charge in [-0.15, -0.1) is 0 Å². The number of carbonyl (C=O) groups is 2. The van der Waals surface area contributed by atoms with Crippen LogP contribution in [0.25, 0.3) is 0 Å². The van der Waals surface area contributed by atoms with Gasteiger partial charge in [0.05, 0.1) is 12.6 Å². The summed E-state index contributed by atoms with van der Waals surface area (Å²) in [6.07, 6.45) is 4.23. The molecule has 31 heavy (non-hydrogen) atoms. The van der Waals surface area contributed by atoms with Crippen LogP contribution >= 0.6 is 0 Å². The molecule has 1 saturated carbocycles. The molecule has 3 N–H and O–H groups in total. The van der Waals surface area contributed by atoms with Gasteiger partial charge in [0.15, 0.2) is 0 Å². The lowest BCUT2D eigenvalue weighted by Crippen LogP contribution is -2.22. The van der Waals surface area contributed by atoms with Gasteiger partial charge in [0.2, 0.25) is 11.8 Å². The van der Waals surface area contributed by atoms with Crippen LogP contribution in [-0.2, 0) is 14.3 Å². The van der Waals surface area contributed by atoms with E-state index in [4.69, 9.17) is 9.47 Å². The highest BCUT2D eigenvalue weighted by molar-refractivity contribution is 5.96. The molecule has 0 radical (unpaired) electrons. The van der Waals surface area contributed by atoms with Crippen molar-refractivity contribution in [2.24, 2.45) is 5.92 Å². The maximum Gasteiger partial charge on any atom is 0.243 e. The minimum Gasteiger partial charge on any atom is -0.491 e. The molecule has 1 aliphatic carbocycles. The fraction of sp³-hybridized carbons (Fsp3) is 0.417. The summed E-state index contributed by atoms with van der Waals surface area (Å²) in [4.78, 5) is 24.4. The van der Waals surface area contributed by atoms with Gasteiger partial charge in [-0.2, -0.15) is 0 Å². The topological polar surface area (TPSA) is 88.7 Å². The first-order valence-electron chi connectivity index (χ1n) is 10.9. The second-order valence-corrected chi connectivity index (χ2v) is 8.11. The van der Waals surface area contributed by atoms with Crippen molar-refractivity contribution in [1.29, 1.82) is 0 Å². The molecule has 1 heterocycles. The number of nitrogens with one attached hydrogen (secondary N) is 3. The van der Waals surface area contributed by atoms with Gasteiger partial charge in [-0.1, -0.05) is 6.07 Å². The lowest BCUT2D eigenvalue weighted by Gasteiger charge is -2.14. The van der Waals surface area contributed by atoms with Crippen molar-refractivity contribution >= 4 is 28.9 Å². The summed E-state index contributed by atoms with van der Waals surface area (Å²) in [6, 6.07) is 13.0. The fourth-order valence-electron chi connectivity index (χ4n) is 3.52. The van der Waals surface area contributed by atoms with E-state index in [1.54, 1.807) is 0 Å². The lowest BCUT2D eigenvalue weighted by atomic mass is 10.1. The largest absolute Gasteiger partial charge is 0.491 e. The van der Waals surface area contributed by atoms with E-state index in [0.717, 1.165) is 55.0 Å². The summed E-state index contributed by atoms with van der Waals surface area (Å²) in [5, 5.41) is 9.00. The normalized spacial score (nSPS) is 17.8. The summed E-state index contributed by atoms with van der Waals surface area (Å²) in [7, 11) is 0. The van der Waals surface area contributed by atoms with Crippen LogP contribution in [0.15, 0.2) is 42.5 Å². The maximum absolute atomic E-state index is 12.4. The van der Waals surface area contributed by atoms with E-state index in [9.17, 15) is 9.59 Å². The molecule has 1 saturated heterocycles. The molecule has 7 heteroatoms. The van der Waals surface area contributed by atoms with Crippen molar-refractivity contribution < 1.29 is 19.1 Å². The lowest BCUT2D eigenvalue weighted by molar-refractivity contribution is -0.117. The quantitative estimate of drug-likeness (QED) is 0.568. The first kappa shape index (κ1) is 21.2. The minimum atomic E-state index is -0.153. The molecule has 2 aromatic rings. The van der Waals surface area contributed by atoms with Crippen LogP contribution in [0.2, 0.25) is 0 Å². The van der Waals surface area contributed by atoms with Crippen molar-refractivity contribution in [2.45, 2.75) is 38.7 Å². The van der Waals surface area contributed by atoms with Crippen LogP contribution in [0.3, 0.4) is 0 Å². The number of amides is 2. The molecule has 1 unspecified atom stereocenters. The van der Waals surface area contributed by atoms with Gasteiger partial charge in [-0.25, -0.2) is 0 Å². The number of hydrogen-bond acceptors (Lipinski definition) is 5. The molecule has 2 aliphatic rings. The van der Waals surface area contributed by atoms with Gasteiger partial charge in [-0.05, 0) is 74.6 Å². The fourth-order valence-corrected chi connectivity index (χ4v) is 3.52. The highest BCUT2D eigenvalue weighted by Gasteiger charge is 2.29. The molecule has 2 fully saturated rings. The van der Waals surface area contributed by atoms with Crippen molar-refractivity contribution in [3.63, 3.8) is 0 Å². The van der Waals surface area contributed by atoms with Gasteiger partial charge in [0.25, 0.3) is 0 Å². The molecule has 1 atom stereocenters. The predicted octanol–water partition coefficient (Wildman–Crippen LogP) is 3.95. The van der Waals surface area contributed by atoms with E-state index in [1.807, 2.05) is 49.4 Å². The molecular weight excluding hydrogens is 394 g/mol. The Bertz CT molecular complexity index is 919. The summed E-state index contributed by atoms with van der Waals surface area (Å²) in [5.41, 5.74) is 3.22. The number of carbonyl (C=O) groups excluding carboxylic acids is 2. The van der Waals surface area contributed by atoms with Gasteiger partial charge >= 0.3 is 0 Å². The van der Waals surface area contributed by atoms with Crippen LogP contribution in [0.1, 0.15) is 31.2 Å². The molecule has 4 rings (SSSR count). The number of rotatable bonds is 9. The van der Waals surface area contributed by atoms with E-state index in [0.29, 0.717) is 12.3 Å². The predicted molar refractivity (Wildman–Crippen MR) is 121 cm³/mol. The van der Waals surface area contributed by atoms with Crippen LogP contribution in [-0.4, -0.2) is 37.7 Å². The number of anilines is 3. The molecule has 0 spiro atoms. The SMILES string of the molecule is Cc1c(NCC(=O)Nc2ccc(OCC3CCCO3)cc2)cccc1NC(=O)C1CC1. The molecule has 164 valence electrons. The Kier molecular flexibility index (Phi) is 6.72. The standard InChI is InChI=1S/C24H29N3O4/c1-16-21(5-2-6-22(16)27-24(29)17-7-8-17)25-14-23(28)26-18-9-11-19(12-10-18)31-15-20-4-3-13-30-20/h2,5-6,9-12,17,20,25H,3-4,7-8,13-15H2,1H3,(H,26,28)(H,27,29). The van der Waals surface area contributed by atoms with Crippen molar-refractivity contribution in [3.8, 4) is 5.75 Å². The third-order valence-corrected chi connectivity index (χ3v) is 5.58. The first-order chi connectivity index (χ1) is 15.1. The van der Waals surface area contributed by atoms with Gasteiger partial charge in [-0.3, -0.25) is 9.59 Å². The third-order valence-electron chi connectivity index (χ3n) is 5.58. The Morgan fingerprint density at radius 3 is 2.52 bits per heavy atom. The van der Waals surface area contributed by atoms with Gasteiger partial charge in [0, 0.05) is 29.6 Å². The molecule has 7 nitrogen and oxygen atoms in total. The minimum absolute atomic E-state index is 0.0705. The molecule has 0 bridgehead atoms. The number of benzene rings is 2. The molecule has 2 aromatic carbocycles. The van der Waals surface area contributed by atoms with Gasteiger partial charge in [0.1, 0.15) is 12.4 Å². The van der Waals surface area contributed by atoms with Crippen LogP contribution in [0.5, 0.6) is 5.75 Å². The molecular formula is C24H29N3O4. The van der Waals surface area contributed by atoms with E-state index >= 15 is 0 Å². The highest BCUT2D eigenvalue weighted by Crippen LogP contribution is 2.31. The Labute approximate surface area is 182 Å². The average molecular weight is 424 g/mol. The zero-order valence-corrected chi connectivity index (χ0v) is 17.8. The summed E-state index contributed by atoms with van der Waals surface area (Å²) in [5.74, 6) is 0.822. The highest BCUT2D eigenvalue weighted by atomic mass is 16.5. The molecule has 1 aliphatic heterocycles. The Morgan fingerprint density at radius 1 is 1.03 bits per heavy atom. The average Bonchev–Trinajstić information content (AvgIpc) is 3.50. The van der Waals surface area contributed by atoms with Crippen LogP contribution < -0.4 is 20.7 Å². The van der Waals surface area contributed by atoms with Crippen molar-refractivity contribution in [2.75, 3.05) is 35.7 Å². The van der Waals surface area contributed by atoms with Crippen molar-refractivity contribution in [1.82, 2.24) is 0 Å². The Hall–Kier alpha value is -3.06. The van der Waals surface area contributed by atoms with E-state index < -0.39 is 0 Å².